The molecule has 0 saturated heterocycles. The Labute approximate surface area is 141 Å². The smallest absolute Gasteiger partial charge is 0.244 e. The first-order chi connectivity index (χ1) is 11.6. The predicted octanol–water partition coefficient (Wildman–Crippen LogP) is 3.87. The summed E-state index contributed by atoms with van der Waals surface area (Å²) in [7, 11) is 0. The van der Waals surface area contributed by atoms with E-state index >= 15 is 0 Å². The summed E-state index contributed by atoms with van der Waals surface area (Å²) >= 11 is 0. The van der Waals surface area contributed by atoms with Crippen molar-refractivity contribution >= 4 is 17.3 Å². The molecule has 3 aromatic rings. The van der Waals surface area contributed by atoms with Gasteiger partial charge in [-0.25, -0.2) is 15.4 Å². The third kappa shape index (κ3) is 3.76. The Morgan fingerprint density at radius 2 is 1.71 bits per heavy atom. The van der Waals surface area contributed by atoms with Gasteiger partial charge < -0.3 is 5.73 Å². The van der Waals surface area contributed by atoms with Gasteiger partial charge in [0.05, 0.1) is 11.4 Å². The maximum atomic E-state index is 5.70. The van der Waals surface area contributed by atoms with Crippen molar-refractivity contribution in [2.75, 3.05) is 11.2 Å². The number of aryl methyl sites for hydroxylation is 1. The summed E-state index contributed by atoms with van der Waals surface area (Å²) in [6, 6.07) is 19.5. The van der Waals surface area contributed by atoms with Crippen molar-refractivity contribution in [3.63, 3.8) is 0 Å². The zero-order valence-electron chi connectivity index (χ0n) is 13.7. The van der Waals surface area contributed by atoms with E-state index in [1.54, 1.807) is 0 Å². The summed E-state index contributed by atoms with van der Waals surface area (Å²) < 4.78 is 0. The van der Waals surface area contributed by atoms with Gasteiger partial charge in [0.25, 0.3) is 0 Å². The SMILES string of the molecule is CC(=NNc1nc(C)cc(-c2ccccc2)n1)c1ccc(N)cc1. The van der Waals surface area contributed by atoms with E-state index in [-0.39, 0.29) is 0 Å². The number of hydrogen-bond acceptors (Lipinski definition) is 5. The second-order valence-corrected chi connectivity index (χ2v) is 5.52. The molecule has 0 unspecified atom stereocenters. The van der Waals surface area contributed by atoms with Crippen molar-refractivity contribution in [3.8, 4) is 11.3 Å². The minimum absolute atomic E-state index is 0.476. The minimum atomic E-state index is 0.476. The van der Waals surface area contributed by atoms with Gasteiger partial charge in [0.15, 0.2) is 0 Å². The van der Waals surface area contributed by atoms with E-state index in [9.17, 15) is 0 Å². The van der Waals surface area contributed by atoms with Crippen molar-refractivity contribution in [1.29, 1.82) is 0 Å². The van der Waals surface area contributed by atoms with E-state index < -0.39 is 0 Å². The number of benzene rings is 2. The molecule has 0 atom stereocenters. The Bertz CT molecular complexity index is 855. The van der Waals surface area contributed by atoms with Gasteiger partial charge >= 0.3 is 0 Å². The zero-order valence-corrected chi connectivity index (χ0v) is 13.7. The molecule has 0 aliphatic carbocycles. The highest BCUT2D eigenvalue weighted by molar-refractivity contribution is 5.99. The Balaban J connectivity index is 1.84. The Hall–Kier alpha value is -3.21. The van der Waals surface area contributed by atoms with Crippen LogP contribution in [0.3, 0.4) is 0 Å². The molecular weight excluding hydrogens is 298 g/mol. The number of hydrazone groups is 1. The van der Waals surface area contributed by atoms with Crippen LogP contribution in [-0.2, 0) is 0 Å². The van der Waals surface area contributed by atoms with E-state index in [2.05, 4.69) is 20.5 Å². The molecule has 24 heavy (non-hydrogen) atoms. The lowest BCUT2D eigenvalue weighted by molar-refractivity contribution is 1.07. The average Bonchev–Trinajstić information content (AvgIpc) is 2.60. The fraction of sp³-hybridized carbons (Fsp3) is 0.105. The molecule has 0 amide bonds. The second-order valence-electron chi connectivity index (χ2n) is 5.52. The first-order valence-electron chi connectivity index (χ1n) is 7.69. The molecule has 0 fully saturated rings. The Morgan fingerprint density at radius 1 is 1.00 bits per heavy atom. The van der Waals surface area contributed by atoms with Gasteiger partial charge in [0.1, 0.15) is 0 Å². The number of nitrogens with zero attached hydrogens (tertiary/aromatic N) is 3. The van der Waals surface area contributed by atoms with Gasteiger partial charge in [-0.2, -0.15) is 5.10 Å². The number of aromatic nitrogens is 2. The highest BCUT2D eigenvalue weighted by Crippen LogP contribution is 2.18. The summed E-state index contributed by atoms with van der Waals surface area (Å²) in [5.41, 5.74) is 14.0. The Morgan fingerprint density at radius 3 is 2.42 bits per heavy atom. The van der Waals surface area contributed by atoms with Crippen LogP contribution in [0.4, 0.5) is 11.6 Å². The normalized spacial score (nSPS) is 11.3. The van der Waals surface area contributed by atoms with Crippen molar-refractivity contribution in [3.05, 3.63) is 71.9 Å². The molecule has 0 bridgehead atoms. The lowest BCUT2D eigenvalue weighted by Gasteiger charge is -2.07. The third-order valence-corrected chi connectivity index (χ3v) is 3.58. The molecule has 3 rings (SSSR count). The summed E-state index contributed by atoms with van der Waals surface area (Å²) in [6.07, 6.45) is 0. The fourth-order valence-corrected chi connectivity index (χ4v) is 2.30. The summed E-state index contributed by atoms with van der Waals surface area (Å²) in [4.78, 5) is 8.92. The average molecular weight is 317 g/mol. The highest BCUT2D eigenvalue weighted by atomic mass is 15.4. The molecule has 0 aliphatic heterocycles. The second kappa shape index (κ2) is 6.91. The molecule has 5 nitrogen and oxygen atoms in total. The summed E-state index contributed by atoms with van der Waals surface area (Å²) in [6.45, 7) is 3.86. The van der Waals surface area contributed by atoms with Crippen LogP contribution in [0.25, 0.3) is 11.3 Å². The summed E-state index contributed by atoms with van der Waals surface area (Å²) in [5.74, 6) is 0.476. The molecule has 0 saturated carbocycles. The maximum Gasteiger partial charge on any atom is 0.244 e. The van der Waals surface area contributed by atoms with Gasteiger partial charge in [-0.05, 0) is 37.6 Å². The molecule has 3 N–H and O–H groups in total. The van der Waals surface area contributed by atoms with Crippen molar-refractivity contribution < 1.29 is 0 Å². The van der Waals surface area contributed by atoms with Crippen LogP contribution >= 0.6 is 0 Å². The van der Waals surface area contributed by atoms with E-state index in [1.807, 2.05) is 74.5 Å². The lowest BCUT2D eigenvalue weighted by atomic mass is 10.1. The monoisotopic (exact) mass is 317 g/mol. The van der Waals surface area contributed by atoms with Gasteiger partial charge in [-0.1, -0.05) is 42.5 Å². The number of nitrogens with one attached hydrogen (secondary N) is 1. The van der Waals surface area contributed by atoms with Gasteiger partial charge in [0, 0.05) is 16.9 Å². The molecule has 1 aromatic heterocycles. The molecule has 0 aliphatic rings. The molecule has 2 aromatic carbocycles. The minimum Gasteiger partial charge on any atom is -0.399 e. The van der Waals surface area contributed by atoms with E-state index in [4.69, 9.17) is 5.73 Å². The van der Waals surface area contributed by atoms with E-state index in [0.29, 0.717) is 5.95 Å². The number of hydrogen-bond donors (Lipinski definition) is 2. The van der Waals surface area contributed by atoms with Crippen molar-refractivity contribution in [1.82, 2.24) is 9.97 Å². The standard InChI is InChI=1S/C19H19N5/c1-13-12-18(16-6-4-3-5-7-16)22-19(21-13)24-23-14(2)15-8-10-17(20)11-9-15/h3-12H,20H2,1-2H3,(H,21,22,24). The van der Waals surface area contributed by atoms with Crippen LogP contribution < -0.4 is 11.2 Å². The van der Waals surface area contributed by atoms with Crippen LogP contribution in [-0.4, -0.2) is 15.7 Å². The largest absolute Gasteiger partial charge is 0.399 e. The molecule has 0 radical (unpaired) electrons. The number of nitrogen functional groups attached to an aromatic ring is 1. The van der Waals surface area contributed by atoms with Crippen molar-refractivity contribution in [2.45, 2.75) is 13.8 Å². The van der Waals surface area contributed by atoms with Gasteiger partial charge in [-0.3, -0.25) is 0 Å². The molecule has 0 spiro atoms. The zero-order chi connectivity index (χ0) is 16.9. The van der Waals surface area contributed by atoms with Crippen LogP contribution in [0.15, 0.2) is 65.8 Å². The predicted molar refractivity (Wildman–Crippen MR) is 98.9 cm³/mol. The first-order valence-corrected chi connectivity index (χ1v) is 7.69. The number of anilines is 2. The maximum absolute atomic E-state index is 5.70. The molecular formula is C19H19N5. The quantitative estimate of drug-likeness (QED) is 0.435. The third-order valence-electron chi connectivity index (χ3n) is 3.58. The van der Waals surface area contributed by atoms with E-state index in [0.717, 1.165) is 33.9 Å². The van der Waals surface area contributed by atoms with Crippen LogP contribution in [0, 0.1) is 6.92 Å². The molecule has 1 heterocycles. The highest BCUT2D eigenvalue weighted by Gasteiger charge is 2.04. The lowest BCUT2D eigenvalue weighted by Crippen LogP contribution is -2.04. The Kier molecular flexibility index (Phi) is 4.52. The van der Waals surface area contributed by atoms with Gasteiger partial charge in [-0.15, -0.1) is 0 Å². The van der Waals surface area contributed by atoms with Gasteiger partial charge in [0.2, 0.25) is 5.95 Å². The number of rotatable bonds is 4. The number of nitrogens with two attached hydrogens (primary N) is 1. The summed E-state index contributed by atoms with van der Waals surface area (Å²) in [5, 5.41) is 4.37. The molecule has 5 heteroatoms. The van der Waals surface area contributed by atoms with Crippen LogP contribution in [0.1, 0.15) is 18.2 Å². The van der Waals surface area contributed by atoms with E-state index in [1.165, 1.54) is 0 Å². The molecule has 120 valence electrons. The van der Waals surface area contributed by atoms with Crippen molar-refractivity contribution in [2.24, 2.45) is 5.10 Å². The fourth-order valence-electron chi connectivity index (χ4n) is 2.30. The first kappa shape index (κ1) is 15.7. The van der Waals surface area contributed by atoms with Crippen LogP contribution in [0.2, 0.25) is 0 Å². The topological polar surface area (TPSA) is 76.2 Å². The van der Waals surface area contributed by atoms with Crippen LogP contribution in [0.5, 0.6) is 0 Å².